The van der Waals surface area contributed by atoms with Crippen LogP contribution in [0.1, 0.15) is 48.9 Å². The van der Waals surface area contributed by atoms with Crippen molar-refractivity contribution in [3.63, 3.8) is 0 Å². The number of hydrogen-bond donors (Lipinski definition) is 1. The van der Waals surface area contributed by atoms with Gasteiger partial charge in [-0.05, 0) is 69.6 Å². The number of anilines is 1. The predicted octanol–water partition coefficient (Wildman–Crippen LogP) is 4.24. The number of piperidine rings is 1. The van der Waals surface area contributed by atoms with E-state index in [9.17, 15) is 9.59 Å². The molecule has 0 radical (unpaired) electrons. The maximum Gasteiger partial charge on any atom is 0.241 e. The summed E-state index contributed by atoms with van der Waals surface area (Å²) in [6.45, 7) is 5.06. The minimum Gasteiger partial charge on any atom is -0.440 e. The fourth-order valence-corrected chi connectivity index (χ4v) is 3.83. The van der Waals surface area contributed by atoms with Gasteiger partial charge in [-0.1, -0.05) is 12.1 Å². The summed E-state index contributed by atoms with van der Waals surface area (Å²) in [5.41, 5.74) is 3.01. The normalized spacial score (nSPS) is 18.5. The third-order valence-corrected chi connectivity index (χ3v) is 5.60. The first-order valence-electron chi connectivity index (χ1n) is 10.0. The molecule has 29 heavy (non-hydrogen) atoms. The average molecular weight is 391 g/mol. The Morgan fingerprint density at radius 1 is 1.17 bits per heavy atom. The van der Waals surface area contributed by atoms with E-state index in [-0.39, 0.29) is 23.7 Å². The van der Waals surface area contributed by atoms with Gasteiger partial charge in [-0.25, -0.2) is 4.98 Å². The Morgan fingerprint density at radius 3 is 2.66 bits per heavy atom. The number of benzene rings is 2. The number of hydrogen-bond acceptors (Lipinski definition) is 5. The number of amides is 1. The predicted molar refractivity (Wildman–Crippen MR) is 112 cm³/mol. The SMILES string of the molecule is CC(=O)c1ccc(NC(=O)C(C)N2CCCC(c3nc4ccccc4o3)C2)cc1. The molecule has 1 fully saturated rings. The highest BCUT2D eigenvalue weighted by molar-refractivity contribution is 5.97. The zero-order valence-electron chi connectivity index (χ0n) is 16.7. The minimum absolute atomic E-state index is 0.00907. The summed E-state index contributed by atoms with van der Waals surface area (Å²) in [4.78, 5) is 31.0. The fourth-order valence-electron chi connectivity index (χ4n) is 3.83. The lowest BCUT2D eigenvalue weighted by molar-refractivity contribution is -0.121. The van der Waals surface area contributed by atoms with Crippen molar-refractivity contribution in [2.75, 3.05) is 18.4 Å². The van der Waals surface area contributed by atoms with Crippen LogP contribution in [0.15, 0.2) is 52.9 Å². The van der Waals surface area contributed by atoms with Crippen LogP contribution in [0.4, 0.5) is 5.69 Å². The Bertz CT molecular complexity index is 992. The van der Waals surface area contributed by atoms with Gasteiger partial charge in [-0.2, -0.15) is 0 Å². The number of nitrogens with zero attached hydrogens (tertiary/aromatic N) is 2. The molecule has 1 aliphatic heterocycles. The third kappa shape index (κ3) is 4.22. The summed E-state index contributed by atoms with van der Waals surface area (Å²) < 4.78 is 5.96. The van der Waals surface area contributed by atoms with E-state index >= 15 is 0 Å². The van der Waals surface area contributed by atoms with Gasteiger partial charge in [0.15, 0.2) is 17.3 Å². The largest absolute Gasteiger partial charge is 0.440 e. The molecule has 2 unspecified atom stereocenters. The van der Waals surface area contributed by atoms with Gasteiger partial charge in [-0.15, -0.1) is 0 Å². The zero-order valence-corrected chi connectivity index (χ0v) is 16.7. The Labute approximate surface area is 169 Å². The first kappa shape index (κ1) is 19.3. The summed E-state index contributed by atoms with van der Waals surface area (Å²) >= 11 is 0. The number of Topliss-reactive ketones (excluding diaryl/α,β-unsaturated/α-hetero) is 1. The summed E-state index contributed by atoms with van der Waals surface area (Å²) in [5, 5.41) is 2.95. The minimum atomic E-state index is -0.269. The molecule has 4 rings (SSSR count). The third-order valence-electron chi connectivity index (χ3n) is 5.60. The van der Waals surface area contributed by atoms with Gasteiger partial charge in [0.2, 0.25) is 5.91 Å². The molecule has 1 aromatic heterocycles. The Kier molecular flexibility index (Phi) is 5.45. The van der Waals surface area contributed by atoms with Crippen LogP contribution < -0.4 is 5.32 Å². The van der Waals surface area contributed by atoms with Crippen LogP contribution >= 0.6 is 0 Å². The molecule has 1 saturated heterocycles. The van der Waals surface area contributed by atoms with Gasteiger partial charge in [0.1, 0.15) is 5.52 Å². The summed E-state index contributed by atoms with van der Waals surface area (Å²) in [5.74, 6) is 0.887. The second-order valence-electron chi connectivity index (χ2n) is 7.65. The van der Waals surface area contributed by atoms with Crippen molar-refractivity contribution in [3.8, 4) is 0 Å². The molecule has 3 aromatic rings. The molecule has 2 heterocycles. The Hall–Kier alpha value is -2.99. The lowest BCUT2D eigenvalue weighted by Crippen LogP contribution is -2.46. The van der Waals surface area contributed by atoms with Gasteiger partial charge in [0, 0.05) is 23.7 Å². The van der Waals surface area contributed by atoms with E-state index in [0.717, 1.165) is 42.9 Å². The molecule has 0 aliphatic carbocycles. The maximum atomic E-state index is 12.8. The molecule has 6 heteroatoms. The molecular weight excluding hydrogens is 366 g/mol. The molecule has 1 amide bonds. The maximum absolute atomic E-state index is 12.8. The van der Waals surface area contributed by atoms with Crippen LogP contribution in [-0.2, 0) is 4.79 Å². The van der Waals surface area contributed by atoms with Gasteiger partial charge < -0.3 is 9.73 Å². The van der Waals surface area contributed by atoms with E-state index < -0.39 is 0 Å². The van der Waals surface area contributed by atoms with E-state index in [1.807, 2.05) is 31.2 Å². The van der Waals surface area contributed by atoms with Crippen LogP contribution in [0.2, 0.25) is 0 Å². The molecule has 150 valence electrons. The van der Waals surface area contributed by atoms with Crippen molar-refractivity contribution >= 4 is 28.5 Å². The van der Waals surface area contributed by atoms with E-state index in [4.69, 9.17) is 4.42 Å². The van der Waals surface area contributed by atoms with Crippen molar-refractivity contribution < 1.29 is 14.0 Å². The zero-order chi connectivity index (χ0) is 20.4. The number of para-hydroxylation sites is 2. The second-order valence-corrected chi connectivity index (χ2v) is 7.65. The lowest BCUT2D eigenvalue weighted by Gasteiger charge is -2.34. The standard InChI is InChI=1S/C23H25N3O3/c1-15(22(28)24-19-11-9-17(10-12-19)16(2)27)26-13-5-6-18(14-26)23-25-20-7-3-4-8-21(20)29-23/h3-4,7-12,15,18H,5-6,13-14H2,1-2H3,(H,24,28). The van der Waals surface area contributed by atoms with Gasteiger partial charge in [0.25, 0.3) is 0 Å². The molecule has 1 N–H and O–H groups in total. The van der Waals surface area contributed by atoms with Crippen molar-refractivity contribution in [1.29, 1.82) is 0 Å². The van der Waals surface area contributed by atoms with Gasteiger partial charge in [-0.3, -0.25) is 14.5 Å². The first-order valence-corrected chi connectivity index (χ1v) is 10.0. The van der Waals surface area contributed by atoms with Crippen LogP contribution in [0.5, 0.6) is 0 Å². The molecule has 2 aromatic carbocycles. The monoisotopic (exact) mass is 391 g/mol. The number of fused-ring (bicyclic) bond motifs is 1. The Morgan fingerprint density at radius 2 is 1.93 bits per heavy atom. The average Bonchev–Trinajstić information content (AvgIpc) is 3.18. The molecule has 0 saturated carbocycles. The lowest BCUT2D eigenvalue weighted by atomic mass is 9.96. The molecule has 1 aliphatic rings. The second kappa shape index (κ2) is 8.17. The summed E-state index contributed by atoms with van der Waals surface area (Å²) in [6, 6.07) is 14.5. The van der Waals surface area contributed by atoms with Crippen molar-refractivity contribution in [2.45, 2.75) is 38.6 Å². The van der Waals surface area contributed by atoms with Crippen LogP contribution in [-0.4, -0.2) is 40.7 Å². The first-order chi connectivity index (χ1) is 14.0. The number of ketones is 1. The number of carbonyl (C=O) groups is 2. The smallest absolute Gasteiger partial charge is 0.241 e. The molecule has 0 spiro atoms. The topological polar surface area (TPSA) is 75.4 Å². The highest BCUT2D eigenvalue weighted by atomic mass is 16.3. The molecule has 6 nitrogen and oxygen atoms in total. The van der Waals surface area contributed by atoms with Crippen molar-refractivity contribution in [2.24, 2.45) is 0 Å². The van der Waals surface area contributed by atoms with Gasteiger partial charge >= 0.3 is 0 Å². The van der Waals surface area contributed by atoms with Crippen molar-refractivity contribution in [3.05, 3.63) is 60.0 Å². The molecule has 2 atom stereocenters. The number of nitrogens with one attached hydrogen (secondary N) is 1. The fraction of sp³-hybridized carbons (Fsp3) is 0.348. The van der Waals surface area contributed by atoms with Crippen LogP contribution in [0.25, 0.3) is 11.1 Å². The Balaban J connectivity index is 1.41. The van der Waals surface area contributed by atoms with Crippen LogP contribution in [0.3, 0.4) is 0 Å². The highest BCUT2D eigenvalue weighted by Crippen LogP contribution is 2.30. The molecule has 0 bridgehead atoms. The van der Waals surface area contributed by atoms with E-state index in [1.54, 1.807) is 24.3 Å². The number of oxazole rings is 1. The van der Waals surface area contributed by atoms with E-state index in [2.05, 4.69) is 15.2 Å². The van der Waals surface area contributed by atoms with Crippen LogP contribution in [0, 0.1) is 0 Å². The summed E-state index contributed by atoms with van der Waals surface area (Å²) in [7, 11) is 0. The van der Waals surface area contributed by atoms with E-state index in [1.165, 1.54) is 6.92 Å². The number of rotatable bonds is 5. The highest BCUT2D eigenvalue weighted by Gasteiger charge is 2.30. The van der Waals surface area contributed by atoms with E-state index in [0.29, 0.717) is 11.3 Å². The molecular formula is C23H25N3O3. The van der Waals surface area contributed by atoms with Gasteiger partial charge in [0.05, 0.1) is 6.04 Å². The number of likely N-dealkylation sites (tertiary alicyclic amines) is 1. The summed E-state index contributed by atoms with van der Waals surface area (Å²) in [6.07, 6.45) is 2.00. The van der Waals surface area contributed by atoms with Crippen molar-refractivity contribution in [1.82, 2.24) is 9.88 Å². The number of carbonyl (C=O) groups excluding carboxylic acids is 2. The number of aromatic nitrogens is 1. The quantitative estimate of drug-likeness (QED) is 0.659.